The van der Waals surface area contributed by atoms with E-state index in [9.17, 15) is 0 Å². The van der Waals surface area contributed by atoms with Crippen molar-refractivity contribution in [1.29, 1.82) is 0 Å². The highest BCUT2D eigenvalue weighted by Gasteiger charge is 2.19. The van der Waals surface area contributed by atoms with E-state index in [1.165, 1.54) is 18.7 Å². The first-order valence-corrected chi connectivity index (χ1v) is 6.22. The van der Waals surface area contributed by atoms with Gasteiger partial charge in [0, 0.05) is 25.9 Å². The van der Waals surface area contributed by atoms with Crippen molar-refractivity contribution in [2.75, 3.05) is 13.1 Å². The van der Waals surface area contributed by atoms with Crippen LogP contribution in [0.15, 0.2) is 12.4 Å². The Hall–Kier alpha value is -0.830. The predicted molar refractivity (Wildman–Crippen MR) is 68.5 cm³/mol. The molecule has 0 aliphatic rings. The summed E-state index contributed by atoms with van der Waals surface area (Å²) in [5.74, 6) is 1.18. The summed E-state index contributed by atoms with van der Waals surface area (Å²) in [5, 5.41) is 3.46. The molecule has 0 bridgehead atoms. The lowest BCUT2D eigenvalue weighted by Gasteiger charge is -2.24. The van der Waals surface area contributed by atoms with Gasteiger partial charge in [-0.3, -0.25) is 0 Å². The third-order valence-corrected chi connectivity index (χ3v) is 2.96. The van der Waals surface area contributed by atoms with Crippen molar-refractivity contribution in [2.24, 2.45) is 12.5 Å². The van der Waals surface area contributed by atoms with Crippen LogP contribution in [-0.4, -0.2) is 22.6 Å². The zero-order valence-corrected chi connectivity index (χ0v) is 11.1. The molecule has 0 spiro atoms. The molecule has 1 aromatic rings. The van der Waals surface area contributed by atoms with Gasteiger partial charge in [-0.25, -0.2) is 4.98 Å². The molecule has 1 rings (SSSR count). The molecular formula is C13H25N3. The standard InChI is InChI=1S/C13H25N3/c1-5-7-14-8-6-13(2,3)11-12-15-9-10-16(12)4/h9-10,14H,5-8,11H2,1-4H3. The molecule has 0 saturated carbocycles. The lowest BCUT2D eigenvalue weighted by atomic mass is 9.85. The fourth-order valence-electron chi connectivity index (χ4n) is 1.81. The molecule has 0 saturated heterocycles. The summed E-state index contributed by atoms with van der Waals surface area (Å²) in [4.78, 5) is 4.39. The molecule has 1 aromatic heterocycles. The monoisotopic (exact) mass is 223 g/mol. The Labute approximate surface area is 99.3 Å². The number of hydrogen-bond acceptors (Lipinski definition) is 2. The number of aromatic nitrogens is 2. The molecule has 0 aromatic carbocycles. The van der Waals surface area contributed by atoms with E-state index in [-0.39, 0.29) is 0 Å². The Morgan fingerprint density at radius 1 is 1.38 bits per heavy atom. The maximum absolute atomic E-state index is 4.39. The predicted octanol–water partition coefficient (Wildman–Crippen LogP) is 2.38. The molecule has 0 aliphatic heterocycles. The van der Waals surface area contributed by atoms with Gasteiger partial charge in [-0.05, 0) is 31.3 Å². The van der Waals surface area contributed by atoms with Gasteiger partial charge in [0.1, 0.15) is 5.82 Å². The molecule has 0 unspecified atom stereocenters. The van der Waals surface area contributed by atoms with Gasteiger partial charge >= 0.3 is 0 Å². The third kappa shape index (κ3) is 4.35. The van der Waals surface area contributed by atoms with E-state index in [1.54, 1.807) is 0 Å². The highest BCUT2D eigenvalue weighted by molar-refractivity contribution is 4.95. The van der Waals surface area contributed by atoms with E-state index in [0.29, 0.717) is 5.41 Å². The second-order valence-electron chi connectivity index (χ2n) is 5.30. The smallest absolute Gasteiger partial charge is 0.108 e. The van der Waals surface area contributed by atoms with E-state index in [4.69, 9.17) is 0 Å². The summed E-state index contributed by atoms with van der Waals surface area (Å²) in [5.41, 5.74) is 0.319. The van der Waals surface area contributed by atoms with Crippen LogP contribution in [0.4, 0.5) is 0 Å². The molecule has 0 atom stereocenters. The van der Waals surface area contributed by atoms with Crippen LogP contribution in [0.1, 0.15) is 39.4 Å². The number of imidazole rings is 1. The van der Waals surface area contributed by atoms with E-state index >= 15 is 0 Å². The van der Waals surface area contributed by atoms with Gasteiger partial charge in [-0.2, -0.15) is 0 Å². The Bertz CT molecular complexity index is 302. The summed E-state index contributed by atoms with van der Waals surface area (Å²) in [6, 6.07) is 0. The van der Waals surface area contributed by atoms with Crippen molar-refractivity contribution >= 4 is 0 Å². The quantitative estimate of drug-likeness (QED) is 0.719. The second-order valence-corrected chi connectivity index (χ2v) is 5.30. The molecule has 0 amide bonds. The van der Waals surface area contributed by atoms with Gasteiger partial charge < -0.3 is 9.88 Å². The normalized spacial score (nSPS) is 12.0. The number of aryl methyl sites for hydroxylation is 1. The molecule has 0 aliphatic carbocycles. The van der Waals surface area contributed by atoms with Crippen LogP contribution in [0.3, 0.4) is 0 Å². The third-order valence-electron chi connectivity index (χ3n) is 2.96. The van der Waals surface area contributed by atoms with Crippen LogP contribution in [0.2, 0.25) is 0 Å². The lowest BCUT2D eigenvalue weighted by molar-refractivity contribution is 0.316. The van der Waals surface area contributed by atoms with Crippen molar-refractivity contribution in [1.82, 2.24) is 14.9 Å². The molecule has 0 fully saturated rings. The van der Waals surface area contributed by atoms with E-state index < -0.39 is 0 Å². The largest absolute Gasteiger partial charge is 0.338 e. The van der Waals surface area contributed by atoms with Crippen molar-refractivity contribution in [2.45, 2.75) is 40.0 Å². The number of rotatable bonds is 7. The van der Waals surface area contributed by atoms with E-state index in [1.807, 2.05) is 12.4 Å². The van der Waals surface area contributed by atoms with Gasteiger partial charge in [0.2, 0.25) is 0 Å². The summed E-state index contributed by atoms with van der Waals surface area (Å²) in [7, 11) is 2.06. The van der Waals surface area contributed by atoms with E-state index in [0.717, 1.165) is 19.5 Å². The lowest BCUT2D eigenvalue weighted by Crippen LogP contribution is -2.25. The molecule has 1 N–H and O–H groups in total. The number of nitrogens with one attached hydrogen (secondary N) is 1. The molecule has 1 heterocycles. The van der Waals surface area contributed by atoms with Crippen LogP contribution in [0.5, 0.6) is 0 Å². The SMILES string of the molecule is CCCNCCC(C)(C)Cc1nccn1C. The summed E-state index contributed by atoms with van der Waals surface area (Å²) < 4.78 is 2.11. The van der Waals surface area contributed by atoms with Crippen LogP contribution < -0.4 is 5.32 Å². The summed E-state index contributed by atoms with van der Waals surface area (Å²) in [6.07, 6.45) is 7.34. The fourth-order valence-corrected chi connectivity index (χ4v) is 1.81. The van der Waals surface area contributed by atoms with Gasteiger partial charge in [-0.15, -0.1) is 0 Å². The van der Waals surface area contributed by atoms with Crippen LogP contribution >= 0.6 is 0 Å². The number of nitrogens with zero attached hydrogens (tertiary/aromatic N) is 2. The minimum Gasteiger partial charge on any atom is -0.338 e. The molecule has 0 radical (unpaired) electrons. The first kappa shape index (κ1) is 13.2. The highest BCUT2D eigenvalue weighted by Crippen LogP contribution is 2.24. The highest BCUT2D eigenvalue weighted by atomic mass is 15.0. The topological polar surface area (TPSA) is 29.9 Å². The molecule has 92 valence electrons. The van der Waals surface area contributed by atoms with Gasteiger partial charge in [0.05, 0.1) is 0 Å². The van der Waals surface area contributed by atoms with Crippen molar-refractivity contribution in [3.63, 3.8) is 0 Å². The average molecular weight is 223 g/mol. The van der Waals surface area contributed by atoms with Crippen LogP contribution in [0.25, 0.3) is 0 Å². The van der Waals surface area contributed by atoms with Crippen molar-refractivity contribution in [3.8, 4) is 0 Å². The molecule has 3 nitrogen and oxygen atoms in total. The Morgan fingerprint density at radius 2 is 2.12 bits per heavy atom. The van der Waals surface area contributed by atoms with Gasteiger partial charge in [-0.1, -0.05) is 20.8 Å². The Kier molecular flexibility index (Phi) is 5.00. The summed E-state index contributed by atoms with van der Waals surface area (Å²) >= 11 is 0. The minimum atomic E-state index is 0.319. The second kappa shape index (κ2) is 6.04. The van der Waals surface area contributed by atoms with Crippen LogP contribution in [-0.2, 0) is 13.5 Å². The van der Waals surface area contributed by atoms with Crippen molar-refractivity contribution in [3.05, 3.63) is 18.2 Å². The molecule has 16 heavy (non-hydrogen) atoms. The maximum Gasteiger partial charge on any atom is 0.108 e. The molecule has 3 heteroatoms. The zero-order chi connectivity index (χ0) is 12.0. The molecular weight excluding hydrogens is 198 g/mol. The first-order valence-electron chi connectivity index (χ1n) is 6.22. The van der Waals surface area contributed by atoms with Crippen LogP contribution in [0, 0.1) is 5.41 Å². The average Bonchev–Trinajstić information content (AvgIpc) is 2.59. The van der Waals surface area contributed by atoms with E-state index in [2.05, 4.69) is 42.7 Å². The van der Waals surface area contributed by atoms with Gasteiger partial charge in [0.25, 0.3) is 0 Å². The summed E-state index contributed by atoms with van der Waals surface area (Å²) in [6.45, 7) is 9.06. The zero-order valence-electron chi connectivity index (χ0n) is 11.1. The fraction of sp³-hybridized carbons (Fsp3) is 0.769. The Balaban J connectivity index is 2.36. The Morgan fingerprint density at radius 3 is 2.69 bits per heavy atom. The maximum atomic E-state index is 4.39. The minimum absolute atomic E-state index is 0.319. The number of hydrogen-bond donors (Lipinski definition) is 1. The van der Waals surface area contributed by atoms with Gasteiger partial charge in [0.15, 0.2) is 0 Å². The van der Waals surface area contributed by atoms with Crippen molar-refractivity contribution < 1.29 is 0 Å². The first-order chi connectivity index (χ1) is 7.55.